The zero-order valence-corrected chi connectivity index (χ0v) is 11.9. The third kappa shape index (κ3) is 3.36. The Kier molecular flexibility index (Phi) is 4.09. The SMILES string of the molecule is CC(CS(=O)(=O)Cc1cccc2ccccc12)C(=O)O. The normalized spacial score (nSPS) is 13.2. The van der Waals surface area contributed by atoms with Crippen LogP contribution in [0.25, 0.3) is 10.8 Å². The Morgan fingerprint density at radius 3 is 2.50 bits per heavy atom. The van der Waals surface area contributed by atoms with Gasteiger partial charge in [-0.05, 0) is 16.3 Å². The quantitative estimate of drug-likeness (QED) is 0.919. The minimum Gasteiger partial charge on any atom is -0.481 e. The predicted molar refractivity (Wildman–Crippen MR) is 78.2 cm³/mol. The van der Waals surface area contributed by atoms with Gasteiger partial charge in [0.15, 0.2) is 9.84 Å². The van der Waals surface area contributed by atoms with Gasteiger partial charge in [0.05, 0.1) is 17.4 Å². The molecule has 0 saturated carbocycles. The molecule has 0 aromatic heterocycles. The molecule has 0 amide bonds. The maximum atomic E-state index is 12.1. The fraction of sp³-hybridized carbons (Fsp3) is 0.267. The van der Waals surface area contributed by atoms with Crippen LogP contribution in [0.15, 0.2) is 42.5 Å². The van der Waals surface area contributed by atoms with Crippen LogP contribution in [0.4, 0.5) is 0 Å². The molecule has 0 heterocycles. The Balaban J connectivity index is 2.30. The van der Waals surface area contributed by atoms with E-state index in [1.54, 1.807) is 6.07 Å². The Morgan fingerprint density at radius 2 is 1.80 bits per heavy atom. The van der Waals surface area contributed by atoms with Crippen molar-refractivity contribution in [3.63, 3.8) is 0 Å². The largest absolute Gasteiger partial charge is 0.481 e. The molecule has 1 atom stereocenters. The molecule has 1 N–H and O–H groups in total. The Bertz CT molecular complexity index is 729. The lowest BCUT2D eigenvalue weighted by atomic mass is 10.1. The summed E-state index contributed by atoms with van der Waals surface area (Å²) >= 11 is 0. The summed E-state index contributed by atoms with van der Waals surface area (Å²) in [6.07, 6.45) is 0. The summed E-state index contributed by atoms with van der Waals surface area (Å²) in [6, 6.07) is 13.1. The van der Waals surface area contributed by atoms with Crippen LogP contribution in [0.2, 0.25) is 0 Å². The molecule has 1 unspecified atom stereocenters. The van der Waals surface area contributed by atoms with Crippen molar-refractivity contribution in [1.29, 1.82) is 0 Å². The van der Waals surface area contributed by atoms with Crippen molar-refractivity contribution in [2.45, 2.75) is 12.7 Å². The second kappa shape index (κ2) is 5.63. The van der Waals surface area contributed by atoms with Crippen molar-refractivity contribution in [3.05, 3.63) is 48.0 Å². The van der Waals surface area contributed by atoms with Gasteiger partial charge in [0.1, 0.15) is 0 Å². The molecule has 2 aromatic carbocycles. The molecule has 0 aliphatic carbocycles. The molecule has 0 aliphatic rings. The number of carbonyl (C=O) groups is 1. The summed E-state index contributed by atoms with van der Waals surface area (Å²) in [5.41, 5.74) is 0.709. The molecule has 2 rings (SSSR count). The van der Waals surface area contributed by atoms with Crippen molar-refractivity contribution < 1.29 is 18.3 Å². The molecule has 0 fully saturated rings. The smallest absolute Gasteiger partial charge is 0.307 e. The molecule has 5 heteroatoms. The van der Waals surface area contributed by atoms with Crippen molar-refractivity contribution in [2.24, 2.45) is 5.92 Å². The van der Waals surface area contributed by atoms with Crippen LogP contribution in [0.5, 0.6) is 0 Å². The van der Waals surface area contributed by atoms with Crippen LogP contribution in [0.1, 0.15) is 12.5 Å². The van der Waals surface area contributed by atoms with Gasteiger partial charge in [-0.3, -0.25) is 4.79 Å². The minimum atomic E-state index is -3.45. The maximum Gasteiger partial charge on any atom is 0.307 e. The van der Waals surface area contributed by atoms with Gasteiger partial charge in [-0.2, -0.15) is 0 Å². The zero-order valence-electron chi connectivity index (χ0n) is 11.1. The highest BCUT2D eigenvalue weighted by molar-refractivity contribution is 7.90. The third-order valence-corrected chi connectivity index (χ3v) is 4.94. The topological polar surface area (TPSA) is 71.4 Å². The predicted octanol–water partition coefficient (Wildman–Crippen LogP) is 2.48. The van der Waals surface area contributed by atoms with Crippen LogP contribution >= 0.6 is 0 Å². The van der Waals surface area contributed by atoms with Crippen LogP contribution in [-0.4, -0.2) is 25.2 Å². The standard InChI is InChI=1S/C15H16O4S/c1-11(15(16)17)9-20(18,19)10-13-7-4-6-12-5-2-3-8-14(12)13/h2-8,11H,9-10H2,1H3,(H,16,17). The summed E-state index contributed by atoms with van der Waals surface area (Å²) in [5, 5.41) is 10.7. The number of rotatable bonds is 5. The first-order valence-electron chi connectivity index (χ1n) is 6.29. The molecular formula is C15H16O4S. The zero-order chi connectivity index (χ0) is 14.8. The van der Waals surface area contributed by atoms with Gasteiger partial charge in [0, 0.05) is 0 Å². The van der Waals surface area contributed by atoms with E-state index < -0.39 is 21.7 Å². The second-order valence-electron chi connectivity index (χ2n) is 4.93. The van der Waals surface area contributed by atoms with E-state index in [0.717, 1.165) is 10.8 Å². The first-order valence-corrected chi connectivity index (χ1v) is 8.11. The van der Waals surface area contributed by atoms with Gasteiger partial charge in [0.25, 0.3) is 0 Å². The highest BCUT2D eigenvalue weighted by Crippen LogP contribution is 2.21. The number of hydrogen-bond donors (Lipinski definition) is 1. The molecule has 0 radical (unpaired) electrons. The summed E-state index contributed by atoms with van der Waals surface area (Å²) in [4.78, 5) is 10.8. The average molecular weight is 292 g/mol. The second-order valence-corrected chi connectivity index (χ2v) is 7.04. The number of aliphatic carboxylic acids is 1. The Morgan fingerprint density at radius 1 is 1.15 bits per heavy atom. The fourth-order valence-electron chi connectivity index (χ4n) is 2.17. The number of sulfone groups is 1. The summed E-state index contributed by atoms with van der Waals surface area (Å²) in [5.74, 6) is -2.46. The van der Waals surface area contributed by atoms with Crippen molar-refractivity contribution in [1.82, 2.24) is 0 Å². The average Bonchev–Trinajstić information content (AvgIpc) is 2.38. The summed E-state index contributed by atoms with van der Waals surface area (Å²) in [6.45, 7) is 1.41. The van der Waals surface area contributed by atoms with Crippen molar-refractivity contribution >= 4 is 26.6 Å². The first kappa shape index (κ1) is 14.5. The van der Waals surface area contributed by atoms with Gasteiger partial charge in [-0.1, -0.05) is 49.4 Å². The lowest BCUT2D eigenvalue weighted by Crippen LogP contribution is -2.22. The Labute approximate surface area is 118 Å². The molecule has 2 aromatic rings. The number of carboxylic acid groups (broad SMARTS) is 1. The minimum absolute atomic E-state index is 0.133. The highest BCUT2D eigenvalue weighted by atomic mass is 32.2. The molecule has 106 valence electrons. The van der Waals surface area contributed by atoms with Crippen LogP contribution < -0.4 is 0 Å². The van der Waals surface area contributed by atoms with Gasteiger partial charge in [-0.25, -0.2) is 8.42 Å². The van der Waals surface area contributed by atoms with E-state index in [4.69, 9.17) is 5.11 Å². The van der Waals surface area contributed by atoms with E-state index in [1.165, 1.54) is 6.92 Å². The van der Waals surface area contributed by atoms with Gasteiger partial charge >= 0.3 is 5.97 Å². The van der Waals surface area contributed by atoms with E-state index in [0.29, 0.717) is 5.56 Å². The fourth-order valence-corrected chi connectivity index (χ4v) is 3.91. The maximum absolute atomic E-state index is 12.1. The van der Waals surface area contributed by atoms with E-state index in [9.17, 15) is 13.2 Å². The van der Waals surface area contributed by atoms with E-state index >= 15 is 0 Å². The molecular weight excluding hydrogens is 276 g/mol. The summed E-state index contributed by atoms with van der Waals surface area (Å²) < 4.78 is 24.2. The molecule has 0 saturated heterocycles. The number of fused-ring (bicyclic) bond motifs is 1. The lowest BCUT2D eigenvalue weighted by molar-refractivity contribution is -0.140. The molecule has 0 aliphatic heterocycles. The van der Waals surface area contributed by atoms with Gasteiger partial charge in [-0.15, -0.1) is 0 Å². The highest BCUT2D eigenvalue weighted by Gasteiger charge is 2.21. The van der Waals surface area contributed by atoms with Gasteiger partial charge < -0.3 is 5.11 Å². The number of benzene rings is 2. The Hall–Kier alpha value is -1.88. The number of hydrogen-bond acceptors (Lipinski definition) is 3. The molecule has 4 nitrogen and oxygen atoms in total. The summed E-state index contributed by atoms with van der Waals surface area (Å²) in [7, 11) is -3.45. The molecule has 20 heavy (non-hydrogen) atoms. The molecule has 0 bridgehead atoms. The first-order chi connectivity index (χ1) is 9.39. The van der Waals surface area contributed by atoms with E-state index in [1.807, 2.05) is 36.4 Å². The lowest BCUT2D eigenvalue weighted by Gasteiger charge is -2.10. The third-order valence-electron chi connectivity index (χ3n) is 3.18. The monoisotopic (exact) mass is 292 g/mol. The van der Waals surface area contributed by atoms with Crippen molar-refractivity contribution in [3.8, 4) is 0 Å². The van der Waals surface area contributed by atoms with Crippen LogP contribution in [0, 0.1) is 5.92 Å². The number of carboxylic acids is 1. The van der Waals surface area contributed by atoms with Crippen molar-refractivity contribution in [2.75, 3.05) is 5.75 Å². The van der Waals surface area contributed by atoms with E-state index in [-0.39, 0.29) is 11.5 Å². The van der Waals surface area contributed by atoms with E-state index in [2.05, 4.69) is 0 Å². The van der Waals surface area contributed by atoms with Crippen LogP contribution in [0.3, 0.4) is 0 Å². The van der Waals surface area contributed by atoms with Crippen LogP contribution in [-0.2, 0) is 20.4 Å². The van der Waals surface area contributed by atoms with Gasteiger partial charge in [0.2, 0.25) is 0 Å². The molecule has 0 spiro atoms.